The lowest BCUT2D eigenvalue weighted by Gasteiger charge is -2.40. The molecule has 4 atom stereocenters. The summed E-state index contributed by atoms with van der Waals surface area (Å²) in [6.07, 6.45) is 4.18. The minimum Gasteiger partial charge on any atom is -0.374 e. The van der Waals surface area contributed by atoms with E-state index in [4.69, 9.17) is 4.74 Å². The van der Waals surface area contributed by atoms with Gasteiger partial charge in [0, 0.05) is 11.8 Å². The van der Waals surface area contributed by atoms with Gasteiger partial charge in [-0.15, -0.1) is 0 Å². The van der Waals surface area contributed by atoms with Gasteiger partial charge in [0.25, 0.3) is 0 Å². The molecule has 100 valence electrons. The highest BCUT2D eigenvalue weighted by Gasteiger charge is 2.69. The molecule has 4 rings (SSSR count). The SMILES string of the molecule is C[C@@]12CCC[C@@]13[C@H](CO2)CC(=O)[C@H]3c1ccccc1. The van der Waals surface area contributed by atoms with Gasteiger partial charge in [0.15, 0.2) is 0 Å². The lowest BCUT2D eigenvalue weighted by molar-refractivity contribution is -0.123. The van der Waals surface area contributed by atoms with Gasteiger partial charge in [0.05, 0.1) is 18.1 Å². The first-order valence-corrected chi connectivity index (χ1v) is 7.39. The van der Waals surface area contributed by atoms with E-state index in [1.165, 1.54) is 12.0 Å². The molecule has 0 radical (unpaired) electrons. The molecule has 2 heteroatoms. The summed E-state index contributed by atoms with van der Waals surface area (Å²) < 4.78 is 6.17. The average Bonchev–Trinajstić information content (AvgIpc) is 2.96. The zero-order chi connectivity index (χ0) is 13.1. The van der Waals surface area contributed by atoms with Gasteiger partial charge in [-0.25, -0.2) is 0 Å². The second-order valence-electron chi connectivity index (χ2n) is 6.65. The third-order valence-electron chi connectivity index (χ3n) is 5.98. The zero-order valence-corrected chi connectivity index (χ0v) is 11.4. The summed E-state index contributed by atoms with van der Waals surface area (Å²) in [5, 5.41) is 0. The van der Waals surface area contributed by atoms with Crippen LogP contribution < -0.4 is 0 Å². The second-order valence-corrected chi connectivity index (χ2v) is 6.65. The van der Waals surface area contributed by atoms with Crippen molar-refractivity contribution in [2.45, 2.75) is 44.1 Å². The van der Waals surface area contributed by atoms with E-state index < -0.39 is 0 Å². The van der Waals surface area contributed by atoms with E-state index >= 15 is 0 Å². The van der Waals surface area contributed by atoms with Crippen LogP contribution in [0.15, 0.2) is 30.3 Å². The van der Waals surface area contributed by atoms with E-state index in [1.807, 2.05) is 6.07 Å². The number of hydrogen-bond acceptors (Lipinski definition) is 2. The second kappa shape index (κ2) is 3.69. The molecule has 1 aromatic rings. The van der Waals surface area contributed by atoms with E-state index in [0.29, 0.717) is 11.7 Å². The minimum absolute atomic E-state index is 0.0636. The topological polar surface area (TPSA) is 26.3 Å². The molecule has 1 spiro atoms. The van der Waals surface area contributed by atoms with Crippen LogP contribution in [-0.2, 0) is 9.53 Å². The van der Waals surface area contributed by atoms with Crippen LogP contribution in [0.1, 0.15) is 44.1 Å². The van der Waals surface area contributed by atoms with Crippen LogP contribution in [-0.4, -0.2) is 18.0 Å². The van der Waals surface area contributed by atoms with E-state index in [0.717, 1.165) is 25.9 Å². The Hall–Kier alpha value is -1.15. The highest BCUT2D eigenvalue weighted by molar-refractivity contribution is 5.90. The maximum absolute atomic E-state index is 12.6. The van der Waals surface area contributed by atoms with Crippen molar-refractivity contribution < 1.29 is 9.53 Å². The summed E-state index contributed by atoms with van der Waals surface area (Å²) in [6, 6.07) is 10.4. The molecule has 2 saturated carbocycles. The zero-order valence-electron chi connectivity index (χ0n) is 11.4. The number of carbonyl (C=O) groups excluding carboxylic acids is 1. The molecule has 1 saturated heterocycles. The van der Waals surface area contributed by atoms with Gasteiger partial charge in [-0.1, -0.05) is 30.3 Å². The first-order chi connectivity index (χ1) is 9.17. The van der Waals surface area contributed by atoms with Gasteiger partial charge < -0.3 is 4.74 Å². The van der Waals surface area contributed by atoms with Crippen LogP contribution in [0.4, 0.5) is 0 Å². The number of carbonyl (C=O) groups is 1. The molecular formula is C17H20O2. The van der Waals surface area contributed by atoms with Gasteiger partial charge in [-0.2, -0.15) is 0 Å². The van der Waals surface area contributed by atoms with Gasteiger partial charge in [-0.3, -0.25) is 4.79 Å². The molecule has 2 nitrogen and oxygen atoms in total. The molecule has 19 heavy (non-hydrogen) atoms. The summed E-state index contributed by atoms with van der Waals surface area (Å²) in [4.78, 5) is 12.6. The van der Waals surface area contributed by atoms with Crippen LogP contribution in [0, 0.1) is 11.3 Å². The van der Waals surface area contributed by atoms with Gasteiger partial charge in [0.1, 0.15) is 5.78 Å². The predicted octanol–water partition coefficient (Wildman–Crippen LogP) is 3.32. The molecule has 2 aliphatic carbocycles. The van der Waals surface area contributed by atoms with E-state index in [1.54, 1.807) is 0 Å². The van der Waals surface area contributed by atoms with E-state index in [9.17, 15) is 4.79 Å². The van der Waals surface area contributed by atoms with Crippen LogP contribution in [0.5, 0.6) is 0 Å². The number of rotatable bonds is 1. The Kier molecular flexibility index (Phi) is 2.27. The maximum Gasteiger partial charge on any atom is 0.141 e. The van der Waals surface area contributed by atoms with Crippen molar-refractivity contribution in [2.75, 3.05) is 6.61 Å². The smallest absolute Gasteiger partial charge is 0.141 e. The highest BCUT2D eigenvalue weighted by atomic mass is 16.5. The lowest BCUT2D eigenvalue weighted by Crippen LogP contribution is -2.43. The molecule has 0 aromatic heterocycles. The van der Waals surface area contributed by atoms with E-state index in [-0.39, 0.29) is 16.9 Å². The largest absolute Gasteiger partial charge is 0.374 e. The molecule has 3 fully saturated rings. The van der Waals surface area contributed by atoms with Gasteiger partial charge >= 0.3 is 0 Å². The number of ether oxygens (including phenoxy) is 1. The van der Waals surface area contributed by atoms with Gasteiger partial charge in [0.2, 0.25) is 0 Å². The number of benzene rings is 1. The Balaban J connectivity index is 1.88. The fraction of sp³-hybridized carbons (Fsp3) is 0.588. The van der Waals surface area contributed by atoms with Gasteiger partial charge in [-0.05, 0) is 37.7 Å². The molecule has 3 aliphatic rings. The Bertz CT molecular complexity index is 523. The summed E-state index contributed by atoms with van der Waals surface area (Å²) in [7, 11) is 0. The third-order valence-corrected chi connectivity index (χ3v) is 5.98. The standard InChI is InChI=1S/C17H20O2/c1-16-8-5-9-17(16)13(11-19-16)10-14(18)15(17)12-6-3-2-4-7-12/h2-4,6-7,13,15H,5,8-11H2,1H3/t13-,15+,16+,17-/m0/s1. The average molecular weight is 256 g/mol. The Morgan fingerprint density at radius 1 is 1.21 bits per heavy atom. The number of ketones is 1. The molecule has 0 bridgehead atoms. The maximum atomic E-state index is 12.6. The van der Waals surface area contributed by atoms with Crippen LogP contribution in [0.3, 0.4) is 0 Å². The first kappa shape index (κ1) is 11.7. The summed E-state index contributed by atoms with van der Waals surface area (Å²) in [5.74, 6) is 0.944. The van der Waals surface area contributed by atoms with Crippen molar-refractivity contribution in [3.05, 3.63) is 35.9 Å². The van der Waals surface area contributed by atoms with E-state index in [2.05, 4.69) is 31.2 Å². The normalized spacial score (nSPS) is 44.4. The molecule has 0 amide bonds. The van der Waals surface area contributed by atoms with Crippen LogP contribution in [0.25, 0.3) is 0 Å². The fourth-order valence-corrected chi connectivity index (χ4v) is 5.19. The monoisotopic (exact) mass is 256 g/mol. The Morgan fingerprint density at radius 2 is 2.00 bits per heavy atom. The Labute approximate surface area is 114 Å². The summed E-state index contributed by atoms with van der Waals surface area (Å²) in [6.45, 7) is 3.03. The molecule has 0 unspecified atom stereocenters. The fourth-order valence-electron chi connectivity index (χ4n) is 5.19. The molecular weight excluding hydrogens is 236 g/mol. The summed E-state index contributed by atoms with van der Waals surface area (Å²) in [5.41, 5.74) is 1.20. The van der Waals surface area contributed by atoms with Crippen molar-refractivity contribution in [3.63, 3.8) is 0 Å². The third kappa shape index (κ3) is 1.28. The minimum atomic E-state index is -0.0790. The molecule has 1 aliphatic heterocycles. The highest BCUT2D eigenvalue weighted by Crippen LogP contribution is 2.68. The Morgan fingerprint density at radius 3 is 2.79 bits per heavy atom. The lowest BCUT2D eigenvalue weighted by atomic mass is 9.63. The van der Waals surface area contributed by atoms with Crippen molar-refractivity contribution in [3.8, 4) is 0 Å². The molecule has 0 N–H and O–H groups in total. The van der Waals surface area contributed by atoms with Crippen molar-refractivity contribution >= 4 is 5.78 Å². The van der Waals surface area contributed by atoms with Crippen molar-refractivity contribution in [2.24, 2.45) is 11.3 Å². The summed E-state index contributed by atoms with van der Waals surface area (Å²) >= 11 is 0. The van der Waals surface area contributed by atoms with Crippen molar-refractivity contribution in [1.29, 1.82) is 0 Å². The number of hydrogen-bond donors (Lipinski definition) is 0. The van der Waals surface area contributed by atoms with Crippen molar-refractivity contribution in [1.82, 2.24) is 0 Å². The van der Waals surface area contributed by atoms with Crippen LogP contribution >= 0.6 is 0 Å². The molecule has 1 aromatic carbocycles. The quantitative estimate of drug-likeness (QED) is 0.770. The first-order valence-electron chi connectivity index (χ1n) is 7.39. The predicted molar refractivity (Wildman–Crippen MR) is 72.9 cm³/mol. The van der Waals surface area contributed by atoms with Crippen LogP contribution in [0.2, 0.25) is 0 Å². The molecule has 1 heterocycles. The number of Topliss-reactive ketones (excluding diaryl/α,β-unsaturated/α-hetero) is 1.